The number of ether oxygens (including phenoxy) is 4. The number of carboxylic acid groups (broad SMARTS) is 1. The van der Waals surface area contributed by atoms with Crippen LogP contribution in [0.25, 0.3) is 11.1 Å². The number of carbonyl (C=O) groups is 1. The zero-order valence-electron chi connectivity index (χ0n) is 26.0. The molecule has 7 nitrogen and oxygen atoms in total. The molecule has 6 rings (SSSR count). The van der Waals surface area contributed by atoms with Gasteiger partial charge < -0.3 is 24.1 Å². The van der Waals surface area contributed by atoms with Crippen LogP contribution in [0.2, 0.25) is 0 Å². The quantitative estimate of drug-likeness (QED) is 0.195. The highest BCUT2D eigenvalue weighted by Gasteiger charge is 2.42. The van der Waals surface area contributed by atoms with Gasteiger partial charge in [-0.3, -0.25) is 9.69 Å². The van der Waals surface area contributed by atoms with Crippen LogP contribution in [0.1, 0.15) is 34.2 Å². The first-order valence-electron chi connectivity index (χ1n) is 15.6. The third-order valence-corrected chi connectivity index (χ3v) is 8.75. The van der Waals surface area contributed by atoms with E-state index in [9.17, 15) is 9.90 Å². The molecule has 45 heavy (non-hydrogen) atoms. The van der Waals surface area contributed by atoms with Gasteiger partial charge in [-0.05, 0) is 83.1 Å². The van der Waals surface area contributed by atoms with Crippen molar-refractivity contribution in [1.29, 1.82) is 0 Å². The molecular formula is C38H41NO6. The van der Waals surface area contributed by atoms with Gasteiger partial charge in [0.2, 0.25) is 0 Å². The normalized spacial score (nSPS) is 17.8. The Balaban J connectivity index is 1.05. The maximum Gasteiger partial charge on any atom is 0.304 e. The summed E-state index contributed by atoms with van der Waals surface area (Å²) in [5, 5.41) is 9.32. The van der Waals surface area contributed by atoms with Crippen molar-refractivity contribution < 1.29 is 28.8 Å². The third-order valence-electron chi connectivity index (χ3n) is 8.75. The Labute approximate surface area is 265 Å². The lowest BCUT2D eigenvalue weighted by Gasteiger charge is -2.40. The first-order valence-corrected chi connectivity index (χ1v) is 15.6. The second-order valence-electron chi connectivity index (χ2n) is 12.3. The number of aryl methyl sites for hydroxylation is 2. The zero-order chi connectivity index (χ0) is 31.2. The van der Waals surface area contributed by atoms with Crippen molar-refractivity contribution in [3.8, 4) is 22.6 Å². The lowest BCUT2D eigenvalue weighted by atomic mass is 9.76. The number of aliphatic carboxylic acids is 1. The van der Waals surface area contributed by atoms with Gasteiger partial charge in [-0.25, -0.2) is 0 Å². The molecule has 2 fully saturated rings. The summed E-state index contributed by atoms with van der Waals surface area (Å²) in [7, 11) is 0. The third kappa shape index (κ3) is 7.56. The Hall–Kier alpha value is -4.17. The van der Waals surface area contributed by atoms with Gasteiger partial charge in [0.25, 0.3) is 0 Å². The molecule has 4 aromatic carbocycles. The van der Waals surface area contributed by atoms with Gasteiger partial charge in [-0.1, -0.05) is 60.7 Å². The van der Waals surface area contributed by atoms with E-state index in [-0.39, 0.29) is 12.5 Å². The number of hydrogen-bond donors (Lipinski definition) is 1. The molecule has 0 aromatic heterocycles. The summed E-state index contributed by atoms with van der Waals surface area (Å²) in [6.45, 7) is 9.49. The standard InChI is InChI=1S/C38H41NO6/c1-27-17-34(45-24-35-22-39(15-16-43-35)21-29-7-4-3-5-8-29)18-28(2)37(27)31-10-6-9-30(19-31)23-44-33-13-11-32(12-14-33)38(20-36(40)41)25-42-26-38/h3-14,17-19,35H,15-16,20-26H2,1-2H3,(H,40,41). The molecule has 2 aliphatic heterocycles. The van der Waals surface area contributed by atoms with Gasteiger partial charge in [0.1, 0.15) is 30.8 Å². The molecule has 234 valence electrons. The molecule has 1 N–H and O–H groups in total. The molecule has 0 radical (unpaired) electrons. The Kier molecular flexibility index (Phi) is 9.50. The van der Waals surface area contributed by atoms with Crippen molar-refractivity contribution in [2.75, 3.05) is 39.5 Å². The Morgan fingerprint density at radius 3 is 2.31 bits per heavy atom. The zero-order valence-corrected chi connectivity index (χ0v) is 26.0. The molecule has 0 bridgehead atoms. The number of carboxylic acids is 1. The largest absolute Gasteiger partial charge is 0.491 e. The summed E-state index contributed by atoms with van der Waals surface area (Å²) >= 11 is 0. The second kappa shape index (κ2) is 13.9. The van der Waals surface area contributed by atoms with Gasteiger partial charge in [0.05, 0.1) is 31.7 Å². The average Bonchev–Trinajstić information content (AvgIpc) is 3.02. The molecule has 2 saturated heterocycles. The van der Waals surface area contributed by atoms with Crippen LogP contribution in [0.5, 0.6) is 11.5 Å². The Morgan fingerprint density at radius 1 is 0.889 bits per heavy atom. The van der Waals surface area contributed by atoms with Crippen LogP contribution in [0.4, 0.5) is 0 Å². The van der Waals surface area contributed by atoms with E-state index in [1.165, 1.54) is 11.1 Å². The van der Waals surface area contributed by atoms with Gasteiger partial charge in [-0.15, -0.1) is 0 Å². The van der Waals surface area contributed by atoms with Crippen LogP contribution in [-0.4, -0.2) is 61.6 Å². The van der Waals surface area contributed by atoms with Crippen molar-refractivity contribution in [2.24, 2.45) is 0 Å². The molecule has 7 heteroatoms. The van der Waals surface area contributed by atoms with Crippen LogP contribution in [-0.2, 0) is 32.8 Å². The van der Waals surface area contributed by atoms with E-state index in [1.807, 2.05) is 24.3 Å². The van der Waals surface area contributed by atoms with E-state index in [1.54, 1.807) is 0 Å². The molecule has 0 amide bonds. The molecule has 2 heterocycles. The van der Waals surface area contributed by atoms with Crippen LogP contribution in [0.15, 0.2) is 91.0 Å². The SMILES string of the molecule is Cc1cc(OCC2CN(Cc3ccccc3)CCO2)cc(C)c1-c1cccc(COc2ccc(C3(CC(=O)O)COC3)cc2)c1. The predicted molar refractivity (Wildman–Crippen MR) is 174 cm³/mol. The van der Waals surface area contributed by atoms with Crippen molar-refractivity contribution in [3.05, 3.63) is 119 Å². The van der Waals surface area contributed by atoms with Crippen molar-refractivity contribution >= 4 is 5.97 Å². The maximum absolute atomic E-state index is 11.4. The average molecular weight is 608 g/mol. The first-order chi connectivity index (χ1) is 21.9. The molecule has 0 spiro atoms. The van der Waals surface area contributed by atoms with E-state index in [2.05, 4.69) is 85.5 Å². The molecule has 1 unspecified atom stereocenters. The maximum atomic E-state index is 11.4. The van der Waals surface area contributed by atoms with Gasteiger partial charge in [-0.2, -0.15) is 0 Å². The second-order valence-corrected chi connectivity index (χ2v) is 12.3. The van der Waals surface area contributed by atoms with Crippen LogP contribution >= 0.6 is 0 Å². The smallest absolute Gasteiger partial charge is 0.304 e. The van der Waals surface area contributed by atoms with Crippen molar-refractivity contribution in [2.45, 2.75) is 44.9 Å². The highest BCUT2D eigenvalue weighted by Crippen LogP contribution is 2.37. The van der Waals surface area contributed by atoms with Gasteiger partial charge in [0.15, 0.2) is 0 Å². The predicted octanol–water partition coefficient (Wildman–Crippen LogP) is 6.57. The minimum atomic E-state index is -0.814. The summed E-state index contributed by atoms with van der Waals surface area (Å²) in [4.78, 5) is 13.8. The lowest BCUT2D eigenvalue weighted by Crippen LogP contribution is -2.48. The first kappa shape index (κ1) is 30.8. The minimum Gasteiger partial charge on any atom is -0.491 e. The molecule has 0 aliphatic carbocycles. The molecule has 0 saturated carbocycles. The summed E-state index contributed by atoms with van der Waals surface area (Å²) in [5.41, 5.74) is 7.57. The van der Waals surface area contributed by atoms with E-state index in [4.69, 9.17) is 18.9 Å². The Morgan fingerprint density at radius 2 is 1.62 bits per heavy atom. The molecule has 2 aliphatic rings. The molecular weight excluding hydrogens is 566 g/mol. The van der Waals surface area contributed by atoms with Crippen LogP contribution < -0.4 is 9.47 Å². The lowest BCUT2D eigenvalue weighted by molar-refractivity contribution is -0.145. The van der Waals surface area contributed by atoms with Crippen LogP contribution in [0.3, 0.4) is 0 Å². The van der Waals surface area contributed by atoms with E-state index >= 15 is 0 Å². The van der Waals surface area contributed by atoms with Crippen LogP contribution in [0, 0.1) is 13.8 Å². The number of morpholine rings is 1. The number of hydrogen-bond acceptors (Lipinski definition) is 6. The summed E-state index contributed by atoms with van der Waals surface area (Å²) in [6, 6.07) is 31.0. The highest BCUT2D eigenvalue weighted by atomic mass is 16.5. The topological polar surface area (TPSA) is 77.5 Å². The van der Waals surface area contributed by atoms with Crippen molar-refractivity contribution in [3.63, 3.8) is 0 Å². The minimum absolute atomic E-state index is 0.0359. The fourth-order valence-corrected chi connectivity index (χ4v) is 6.41. The van der Waals surface area contributed by atoms with Gasteiger partial charge in [0, 0.05) is 19.6 Å². The number of nitrogens with zero attached hydrogens (tertiary/aromatic N) is 1. The summed E-state index contributed by atoms with van der Waals surface area (Å²) in [5.74, 6) is 0.791. The molecule has 1 atom stereocenters. The van der Waals surface area contributed by atoms with Gasteiger partial charge >= 0.3 is 5.97 Å². The van der Waals surface area contributed by atoms with E-state index in [0.717, 1.165) is 59.0 Å². The number of rotatable bonds is 12. The monoisotopic (exact) mass is 607 g/mol. The number of benzene rings is 4. The van der Waals surface area contributed by atoms with E-state index < -0.39 is 11.4 Å². The Bertz CT molecular complexity index is 1580. The molecule has 4 aromatic rings. The fraction of sp³-hybridized carbons (Fsp3) is 0.342. The van der Waals surface area contributed by atoms with E-state index in [0.29, 0.717) is 33.0 Å². The highest BCUT2D eigenvalue weighted by molar-refractivity contribution is 5.72. The summed E-state index contributed by atoms with van der Waals surface area (Å²) in [6.07, 6.45) is 0.100. The van der Waals surface area contributed by atoms with Crippen molar-refractivity contribution in [1.82, 2.24) is 4.90 Å². The fourth-order valence-electron chi connectivity index (χ4n) is 6.41. The summed E-state index contributed by atoms with van der Waals surface area (Å²) < 4.78 is 23.7.